The van der Waals surface area contributed by atoms with Gasteiger partial charge in [-0.1, -0.05) is 23.7 Å². The third kappa shape index (κ3) is 3.68. The lowest BCUT2D eigenvalue weighted by molar-refractivity contribution is 1.02. The van der Waals surface area contributed by atoms with Gasteiger partial charge in [-0.25, -0.2) is 0 Å². The monoisotopic (exact) mass is 246 g/mol. The summed E-state index contributed by atoms with van der Waals surface area (Å²) < 4.78 is 0. The lowest BCUT2D eigenvalue weighted by Gasteiger charge is -2.06. The van der Waals surface area contributed by atoms with Gasteiger partial charge in [0.2, 0.25) is 0 Å². The van der Waals surface area contributed by atoms with E-state index in [0.29, 0.717) is 0 Å². The second kappa shape index (κ2) is 5.60. The van der Waals surface area contributed by atoms with Crippen molar-refractivity contribution in [1.82, 2.24) is 0 Å². The summed E-state index contributed by atoms with van der Waals surface area (Å²) in [5.41, 5.74) is 8.77. The second-order valence-corrected chi connectivity index (χ2v) is 4.36. The highest BCUT2D eigenvalue weighted by molar-refractivity contribution is 6.30. The maximum absolute atomic E-state index is 5.83. The molecule has 0 aliphatic carbocycles. The first-order valence-electron chi connectivity index (χ1n) is 5.58. The summed E-state index contributed by atoms with van der Waals surface area (Å²) in [6, 6.07) is 15.7. The molecule has 0 heterocycles. The second-order valence-electron chi connectivity index (χ2n) is 3.93. The van der Waals surface area contributed by atoms with Gasteiger partial charge in [-0.3, -0.25) is 0 Å². The van der Waals surface area contributed by atoms with E-state index in [1.807, 2.05) is 48.5 Å². The number of anilines is 2. The molecular weight excluding hydrogens is 232 g/mol. The number of nitrogen functional groups attached to an aromatic ring is 1. The number of rotatable bonds is 4. The largest absolute Gasteiger partial charge is 0.399 e. The third-order valence-electron chi connectivity index (χ3n) is 2.57. The number of hydrogen-bond acceptors (Lipinski definition) is 2. The van der Waals surface area contributed by atoms with Crippen molar-refractivity contribution in [1.29, 1.82) is 0 Å². The molecule has 88 valence electrons. The molecule has 0 fully saturated rings. The Morgan fingerprint density at radius 3 is 2.24 bits per heavy atom. The molecule has 0 spiro atoms. The third-order valence-corrected chi connectivity index (χ3v) is 2.82. The SMILES string of the molecule is Nc1ccc(NCCc2ccc(Cl)cc2)cc1. The van der Waals surface area contributed by atoms with E-state index < -0.39 is 0 Å². The molecule has 0 amide bonds. The Labute approximate surface area is 106 Å². The molecule has 3 heteroatoms. The van der Waals surface area contributed by atoms with Crippen molar-refractivity contribution in [2.75, 3.05) is 17.6 Å². The average molecular weight is 247 g/mol. The first kappa shape index (κ1) is 11.8. The molecule has 0 aromatic heterocycles. The van der Waals surface area contributed by atoms with E-state index in [-0.39, 0.29) is 0 Å². The number of nitrogens with two attached hydrogens (primary N) is 1. The maximum Gasteiger partial charge on any atom is 0.0406 e. The summed E-state index contributed by atoms with van der Waals surface area (Å²) in [6.07, 6.45) is 0.974. The number of hydrogen-bond donors (Lipinski definition) is 2. The van der Waals surface area contributed by atoms with Gasteiger partial charge in [-0.2, -0.15) is 0 Å². The highest BCUT2D eigenvalue weighted by Gasteiger charge is 1.94. The van der Waals surface area contributed by atoms with E-state index in [2.05, 4.69) is 5.32 Å². The molecule has 2 nitrogen and oxygen atoms in total. The van der Waals surface area contributed by atoms with Crippen LogP contribution in [0, 0.1) is 0 Å². The molecule has 2 aromatic rings. The van der Waals surface area contributed by atoms with Gasteiger partial charge < -0.3 is 11.1 Å². The summed E-state index contributed by atoms with van der Waals surface area (Å²) in [5.74, 6) is 0. The fourth-order valence-corrected chi connectivity index (χ4v) is 1.73. The summed E-state index contributed by atoms with van der Waals surface area (Å²) in [6.45, 7) is 0.894. The Balaban J connectivity index is 1.83. The summed E-state index contributed by atoms with van der Waals surface area (Å²) in [5, 5.41) is 4.12. The molecular formula is C14H15ClN2. The van der Waals surface area contributed by atoms with Crippen LogP contribution in [0.1, 0.15) is 5.56 Å². The molecule has 0 aliphatic rings. The highest BCUT2D eigenvalue weighted by atomic mass is 35.5. The van der Waals surface area contributed by atoms with Crippen molar-refractivity contribution in [3.05, 3.63) is 59.1 Å². The van der Waals surface area contributed by atoms with E-state index in [9.17, 15) is 0 Å². The lowest BCUT2D eigenvalue weighted by atomic mass is 10.1. The molecule has 0 saturated carbocycles. The molecule has 2 rings (SSSR count). The molecule has 0 radical (unpaired) electrons. The number of benzene rings is 2. The van der Waals surface area contributed by atoms with Crippen LogP contribution in [0.5, 0.6) is 0 Å². The molecule has 0 aliphatic heterocycles. The van der Waals surface area contributed by atoms with Crippen molar-refractivity contribution in [2.45, 2.75) is 6.42 Å². The Bertz CT molecular complexity index is 417. The molecule has 17 heavy (non-hydrogen) atoms. The van der Waals surface area contributed by atoms with Crippen molar-refractivity contribution in [2.24, 2.45) is 0 Å². The quantitative estimate of drug-likeness (QED) is 0.810. The van der Waals surface area contributed by atoms with Crippen LogP contribution in [0.4, 0.5) is 11.4 Å². The minimum Gasteiger partial charge on any atom is -0.399 e. The van der Waals surface area contributed by atoms with Crippen molar-refractivity contribution in [3.63, 3.8) is 0 Å². The molecule has 3 N–H and O–H groups in total. The first-order valence-corrected chi connectivity index (χ1v) is 5.96. The minimum absolute atomic E-state index is 0.778. The van der Waals surface area contributed by atoms with Crippen LogP contribution in [-0.4, -0.2) is 6.54 Å². The fourth-order valence-electron chi connectivity index (χ4n) is 1.60. The van der Waals surface area contributed by atoms with Gasteiger partial charge in [0.1, 0.15) is 0 Å². The average Bonchev–Trinajstić information content (AvgIpc) is 2.34. The van der Waals surface area contributed by atoms with Gasteiger partial charge in [0.05, 0.1) is 0 Å². The van der Waals surface area contributed by atoms with Gasteiger partial charge in [-0.05, 0) is 48.4 Å². The number of nitrogens with one attached hydrogen (secondary N) is 1. The lowest BCUT2D eigenvalue weighted by Crippen LogP contribution is -2.04. The first-order chi connectivity index (χ1) is 8.24. The number of halogens is 1. The van der Waals surface area contributed by atoms with Crippen molar-refractivity contribution in [3.8, 4) is 0 Å². The van der Waals surface area contributed by atoms with E-state index >= 15 is 0 Å². The van der Waals surface area contributed by atoms with Crippen LogP contribution in [0.25, 0.3) is 0 Å². The van der Waals surface area contributed by atoms with Crippen LogP contribution < -0.4 is 11.1 Å². The van der Waals surface area contributed by atoms with Gasteiger partial charge in [0.25, 0.3) is 0 Å². The molecule has 0 atom stereocenters. The van der Waals surface area contributed by atoms with Gasteiger partial charge in [0, 0.05) is 22.9 Å². The smallest absolute Gasteiger partial charge is 0.0406 e. The van der Waals surface area contributed by atoms with E-state index in [4.69, 9.17) is 17.3 Å². The normalized spacial score (nSPS) is 10.2. The van der Waals surface area contributed by atoms with Crippen LogP contribution >= 0.6 is 11.6 Å². The maximum atomic E-state index is 5.83. The van der Waals surface area contributed by atoms with Crippen LogP contribution in [-0.2, 0) is 6.42 Å². The van der Waals surface area contributed by atoms with E-state index in [1.54, 1.807) is 0 Å². The topological polar surface area (TPSA) is 38.0 Å². The Kier molecular flexibility index (Phi) is 3.89. The minimum atomic E-state index is 0.778. The predicted octanol–water partition coefficient (Wildman–Crippen LogP) is 3.58. The Hall–Kier alpha value is -1.67. The van der Waals surface area contributed by atoms with Crippen molar-refractivity contribution >= 4 is 23.0 Å². The summed E-state index contributed by atoms with van der Waals surface area (Å²) in [4.78, 5) is 0. The van der Waals surface area contributed by atoms with Gasteiger partial charge in [0.15, 0.2) is 0 Å². The van der Waals surface area contributed by atoms with E-state index in [0.717, 1.165) is 29.4 Å². The predicted molar refractivity (Wildman–Crippen MR) is 74.5 cm³/mol. The molecule has 0 unspecified atom stereocenters. The van der Waals surface area contributed by atoms with Crippen LogP contribution in [0.2, 0.25) is 5.02 Å². The van der Waals surface area contributed by atoms with Gasteiger partial charge in [-0.15, -0.1) is 0 Å². The zero-order chi connectivity index (χ0) is 12.1. The van der Waals surface area contributed by atoms with Gasteiger partial charge >= 0.3 is 0 Å². The molecule has 2 aromatic carbocycles. The highest BCUT2D eigenvalue weighted by Crippen LogP contribution is 2.12. The van der Waals surface area contributed by atoms with Crippen LogP contribution in [0.3, 0.4) is 0 Å². The zero-order valence-corrected chi connectivity index (χ0v) is 10.2. The van der Waals surface area contributed by atoms with Crippen molar-refractivity contribution < 1.29 is 0 Å². The molecule has 0 saturated heterocycles. The Morgan fingerprint density at radius 1 is 0.941 bits per heavy atom. The standard InChI is InChI=1S/C14H15ClN2/c15-12-3-1-11(2-4-12)9-10-17-14-7-5-13(16)6-8-14/h1-8,17H,9-10,16H2. The molecule has 0 bridgehead atoms. The summed E-state index contributed by atoms with van der Waals surface area (Å²) >= 11 is 5.83. The zero-order valence-electron chi connectivity index (χ0n) is 9.49. The summed E-state index contributed by atoms with van der Waals surface area (Å²) in [7, 11) is 0. The Morgan fingerprint density at radius 2 is 1.59 bits per heavy atom. The van der Waals surface area contributed by atoms with Crippen LogP contribution in [0.15, 0.2) is 48.5 Å². The van der Waals surface area contributed by atoms with E-state index in [1.165, 1.54) is 5.56 Å². The fraction of sp³-hybridized carbons (Fsp3) is 0.143.